The molecule has 0 saturated carbocycles. The lowest BCUT2D eigenvalue weighted by Crippen LogP contribution is -2.21. The molecule has 0 amide bonds. The molecule has 0 fully saturated rings. The summed E-state index contributed by atoms with van der Waals surface area (Å²) < 4.78 is 0. The maximum absolute atomic E-state index is 4.43. The van der Waals surface area contributed by atoms with Gasteiger partial charge < -0.3 is 4.90 Å². The Kier molecular flexibility index (Phi) is 5.48. The fourth-order valence-electron chi connectivity index (χ4n) is 3.44. The van der Waals surface area contributed by atoms with Gasteiger partial charge in [0.15, 0.2) is 0 Å². The number of hydrogen-bond acceptors (Lipinski definition) is 2. The van der Waals surface area contributed by atoms with Crippen LogP contribution >= 0.6 is 0 Å². The van der Waals surface area contributed by atoms with Gasteiger partial charge in [0.05, 0.1) is 5.52 Å². The third-order valence-corrected chi connectivity index (χ3v) is 4.99. The summed E-state index contributed by atoms with van der Waals surface area (Å²) in [6, 6.07) is 29.7. The first-order valence-electron chi connectivity index (χ1n) is 9.74. The summed E-state index contributed by atoms with van der Waals surface area (Å²) in [6.07, 6.45) is 6.20. The zero-order valence-corrected chi connectivity index (χ0v) is 16.1. The van der Waals surface area contributed by atoms with Crippen molar-refractivity contribution >= 4 is 28.7 Å². The van der Waals surface area contributed by atoms with E-state index in [1.54, 1.807) is 0 Å². The largest absolute Gasteiger partial charge is 0.367 e. The lowest BCUT2D eigenvalue weighted by molar-refractivity contribution is 0.832. The fourth-order valence-corrected chi connectivity index (χ4v) is 3.44. The molecule has 0 N–H and O–H groups in total. The molecule has 0 spiro atoms. The van der Waals surface area contributed by atoms with Gasteiger partial charge in [-0.25, -0.2) is 0 Å². The van der Waals surface area contributed by atoms with Crippen molar-refractivity contribution in [3.63, 3.8) is 0 Å². The quantitative estimate of drug-likeness (QED) is 0.392. The molecule has 2 heteroatoms. The van der Waals surface area contributed by atoms with Gasteiger partial charge in [0.2, 0.25) is 0 Å². The fraction of sp³-hybridized carbons (Fsp3) is 0.115. The number of pyridine rings is 1. The number of aromatic nitrogens is 1. The molecular weight excluding hydrogens is 340 g/mol. The second-order valence-corrected chi connectivity index (χ2v) is 6.84. The van der Waals surface area contributed by atoms with Crippen molar-refractivity contribution < 1.29 is 0 Å². The van der Waals surface area contributed by atoms with Crippen LogP contribution in [0, 0.1) is 0 Å². The van der Waals surface area contributed by atoms with Crippen molar-refractivity contribution in [3.8, 4) is 0 Å². The zero-order valence-electron chi connectivity index (χ0n) is 16.1. The van der Waals surface area contributed by atoms with Crippen LogP contribution in [0.5, 0.6) is 0 Å². The number of hydrogen-bond donors (Lipinski definition) is 0. The first kappa shape index (κ1) is 18.0. The van der Waals surface area contributed by atoms with Gasteiger partial charge in [0.1, 0.15) is 0 Å². The molecule has 0 saturated heterocycles. The van der Waals surface area contributed by atoms with Crippen LogP contribution in [0.25, 0.3) is 23.1 Å². The van der Waals surface area contributed by atoms with Crippen molar-refractivity contribution in [3.05, 3.63) is 108 Å². The van der Waals surface area contributed by atoms with Crippen LogP contribution in [0.2, 0.25) is 0 Å². The SMILES string of the molecule is CCN(Cc1ccccc1)c1ccc(/C=C\c2ccnc3ccccc23)cc1. The zero-order chi connectivity index (χ0) is 19.2. The van der Waals surface area contributed by atoms with Crippen molar-refractivity contribution in [2.45, 2.75) is 13.5 Å². The van der Waals surface area contributed by atoms with Gasteiger partial charge in [-0.2, -0.15) is 0 Å². The van der Waals surface area contributed by atoms with Crippen molar-refractivity contribution in [1.82, 2.24) is 4.98 Å². The van der Waals surface area contributed by atoms with E-state index in [0.717, 1.165) is 18.6 Å². The van der Waals surface area contributed by atoms with E-state index in [1.807, 2.05) is 18.3 Å². The van der Waals surface area contributed by atoms with E-state index in [9.17, 15) is 0 Å². The van der Waals surface area contributed by atoms with E-state index >= 15 is 0 Å². The lowest BCUT2D eigenvalue weighted by atomic mass is 10.1. The van der Waals surface area contributed by atoms with Crippen LogP contribution in [-0.4, -0.2) is 11.5 Å². The second-order valence-electron chi connectivity index (χ2n) is 6.84. The highest BCUT2D eigenvalue weighted by Gasteiger charge is 2.05. The summed E-state index contributed by atoms with van der Waals surface area (Å²) in [6.45, 7) is 4.11. The minimum Gasteiger partial charge on any atom is -0.367 e. The molecule has 28 heavy (non-hydrogen) atoms. The van der Waals surface area contributed by atoms with Crippen LogP contribution in [0.3, 0.4) is 0 Å². The van der Waals surface area contributed by atoms with E-state index in [1.165, 1.54) is 27.8 Å². The molecule has 0 atom stereocenters. The van der Waals surface area contributed by atoms with E-state index < -0.39 is 0 Å². The van der Waals surface area contributed by atoms with E-state index in [-0.39, 0.29) is 0 Å². The van der Waals surface area contributed by atoms with Crippen LogP contribution in [0.4, 0.5) is 5.69 Å². The lowest BCUT2D eigenvalue weighted by Gasteiger charge is -2.23. The molecule has 0 aliphatic heterocycles. The number of fused-ring (bicyclic) bond motifs is 1. The standard InChI is InChI=1S/C26H24N2/c1-2-28(20-22-8-4-3-5-9-22)24-16-13-21(14-17-24)12-15-23-18-19-27-26-11-7-6-10-25(23)26/h3-19H,2,20H2,1H3/b15-12-. The van der Waals surface area contributed by atoms with Gasteiger partial charge in [0, 0.05) is 30.4 Å². The molecule has 4 aromatic rings. The predicted octanol–water partition coefficient (Wildman–Crippen LogP) is 6.43. The first-order valence-corrected chi connectivity index (χ1v) is 9.74. The normalized spacial score (nSPS) is 11.2. The Morgan fingerprint density at radius 3 is 2.32 bits per heavy atom. The van der Waals surface area contributed by atoms with E-state index in [4.69, 9.17) is 0 Å². The van der Waals surface area contributed by atoms with Crippen molar-refractivity contribution in [2.75, 3.05) is 11.4 Å². The Labute approximate surface area is 166 Å². The molecule has 0 radical (unpaired) electrons. The smallest absolute Gasteiger partial charge is 0.0707 e. The Balaban J connectivity index is 1.52. The summed E-state index contributed by atoms with van der Waals surface area (Å²) in [5.74, 6) is 0. The molecule has 0 aliphatic rings. The van der Waals surface area contributed by atoms with Crippen LogP contribution in [-0.2, 0) is 6.54 Å². The number of nitrogens with zero attached hydrogens (tertiary/aromatic N) is 2. The third-order valence-electron chi connectivity index (χ3n) is 4.99. The molecule has 3 aromatic carbocycles. The molecule has 138 valence electrons. The van der Waals surface area contributed by atoms with Crippen LogP contribution in [0.15, 0.2) is 91.1 Å². The minimum absolute atomic E-state index is 0.926. The maximum Gasteiger partial charge on any atom is 0.0707 e. The highest BCUT2D eigenvalue weighted by molar-refractivity contribution is 5.90. The Morgan fingerprint density at radius 2 is 1.54 bits per heavy atom. The first-order chi connectivity index (χ1) is 13.8. The number of para-hydroxylation sites is 1. The van der Waals surface area contributed by atoms with Gasteiger partial charge in [-0.05, 0) is 47.9 Å². The van der Waals surface area contributed by atoms with Gasteiger partial charge >= 0.3 is 0 Å². The maximum atomic E-state index is 4.43. The van der Waals surface area contributed by atoms with Gasteiger partial charge in [-0.3, -0.25) is 4.98 Å². The molecule has 2 nitrogen and oxygen atoms in total. The summed E-state index contributed by atoms with van der Waals surface area (Å²) in [5, 5.41) is 1.18. The van der Waals surface area contributed by atoms with Gasteiger partial charge in [0.25, 0.3) is 0 Å². The Bertz CT molecular complexity index is 1060. The van der Waals surface area contributed by atoms with Gasteiger partial charge in [-0.15, -0.1) is 0 Å². The molecule has 1 heterocycles. The average molecular weight is 364 g/mol. The number of benzene rings is 3. The summed E-state index contributed by atoms with van der Waals surface area (Å²) in [4.78, 5) is 6.82. The number of rotatable bonds is 6. The topological polar surface area (TPSA) is 16.1 Å². The number of anilines is 1. The van der Waals surface area contributed by atoms with Crippen molar-refractivity contribution in [2.24, 2.45) is 0 Å². The van der Waals surface area contributed by atoms with E-state index in [2.05, 4.69) is 102 Å². The summed E-state index contributed by atoms with van der Waals surface area (Å²) in [5.41, 5.74) is 5.99. The van der Waals surface area contributed by atoms with Crippen LogP contribution < -0.4 is 4.90 Å². The molecule has 0 bridgehead atoms. The minimum atomic E-state index is 0.926. The monoisotopic (exact) mass is 364 g/mol. The van der Waals surface area contributed by atoms with E-state index in [0.29, 0.717) is 0 Å². The highest BCUT2D eigenvalue weighted by Crippen LogP contribution is 2.21. The third kappa shape index (κ3) is 4.12. The predicted molar refractivity (Wildman–Crippen MR) is 120 cm³/mol. The Hall–Kier alpha value is -3.39. The summed E-state index contributed by atoms with van der Waals surface area (Å²) >= 11 is 0. The van der Waals surface area contributed by atoms with Gasteiger partial charge in [-0.1, -0.05) is 72.8 Å². The molecule has 0 unspecified atom stereocenters. The molecular formula is C26H24N2. The average Bonchev–Trinajstić information content (AvgIpc) is 2.77. The molecule has 1 aromatic heterocycles. The molecule has 0 aliphatic carbocycles. The Morgan fingerprint density at radius 1 is 0.786 bits per heavy atom. The van der Waals surface area contributed by atoms with Crippen LogP contribution in [0.1, 0.15) is 23.6 Å². The van der Waals surface area contributed by atoms with Crippen molar-refractivity contribution in [1.29, 1.82) is 0 Å². The second kappa shape index (κ2) is 8.53. The summed E-state index contributed by atoms with van der Waals surface area (Å²) in [7, 11) is 0. The highest BCUT2D eigenvalue weighted by atomic mass is 15.1. The molecule has 4 rings (SSSR count).